The molecule has 0 aromatic carbocycles. The van der Waals surface area contributed by atoms with Crippen molar-refractivity contribution >= 4 is 39.5 Å². The Balaban J connectivity index is 5.53. The molecule has 5 unspecified atom stereocenters. The van der Waals surface area contributed by atoms with E-state index in [1.807, 2.05) is 30.4 Å². The molecule has 0 radical (unpaired) electrons. The fourth-order valence-electron chi connectivity index (χ4n) is 9.95. The highest BCUT2D eigenvalue weighted by Gasteiger charge is 2.30. The predicted molar refractivity (Wildman–Crippen MR) is 445 cm³/mol. The van der Waals surface area contributed by atoms with Crippen LogP contribution in [0.4, 0.5) is 0 Å². The van der Waals surface area contributed by atoms with Crippen LogP contribution in [-0.2, 0) is 65.4 Å². The van der Waals surface area contributed by atoms with Crippen molar-refractivity contribution < 1.29 is 80.2 Å². The Hall–Kier alpha value is -6.10. The van der Waals surface area contributed by atoms with E-state index in [1.165, 1.54) is 38.5 Å². The van der Waals surface area contributed by atoms with Crippen molar-refractivity contribution in [3.8, 4) is 0 Å². The van der Waals surface area contributed by atoms with E-state index in [0.717, 1.165) is 161 Å². The summed E-state index contributed by atoms with van der Waals surface area (Å²) in [6, 6.07) is 0. The van der Waals surface area contributed by atoms with E-state index in [0.29, 0.717) is 32.1 Å². The summed E-state index contributed by atoms with van der Waals surface area (Å²) in [6.45, 7) is 4.34. The fraction of sp³-hybridized carbons (Fsp3) is 0.596. The van der Waals surface area contributed by atoms with Crippen LogP contribution in [0.25, 0.3) is 0 Å². The predicted octanol–water partition coefficient (Wildman–Crippen LogP) is 24.1. The Morgan fingerprint density at radius 1 is 0.278 bits per heavy atom. The van der Waals surface area contributed by atoms with Crippen molar-refractivity contribution in [3.63, 3.8) is 0 Å². The van der Waals surface area contributed by atoms with E-state index in [2.05, 4.69) is 180 Å². The monoisotopic (exact) mass is 1540 g/mol. The molecule has 17 nitrogen and oxygen atoms in total. The average Bonchev–Trinajstić information content (AvgIpc) is 0.923. The van der Waals surface area contributed by atoms with Crippen molar-refractivity contribution in [2.75, 3.05) is 39.6 Å². The van der Waals surface area contributed by atoms with E-state index in [1.54, 1.807) is 12.2 Å². The Labute approximate surface area is 653 Å². The van der Waals surface area contributed by atoms with Crippen LogP contribution < -0.4 is 0 Å². The third-order valence-corrected chi connectivity index (χ3v) is 18.0. The minimum atomic E-state index is -5.03. The first kappa shape index (κ1) is 102. The molecule has 0 saturated carbocycles. The van der Waals surface area contributed by atoms with Crippen molar-refractivity contribution in [2.24, 2.45) is 0 Å². The van der Waals surface area contributed by atoms with Crippen LogP contribution in [0, 0.1) is 0 Å². The highest BCUT2D eigenvalue weighted by molar-refractivity contribution is 7.47. The minimum Gasteiger partial charge on any atom is -0.462 e. The van der Waals surface area contributed by atoms with E-state index in [9.17, 15) is 43.2 Å². The highest BCUT2D eigenvalue weighted by atomic mass is 31.2. The summed E-state index contributed by atoms with van der Waals surface area (Å²) in [4.78, 5) is 73.0. The van der Waals surface area contributed by atoms with E-state index < -0.39 is 97.5 Å². The van der Waals surface area contributed by atoms with Gasteiger partial charge in [-0.25, -0.2) is 9.13 Å². The maximum atomic E-state index is 13.1. The zero-order chi connectivity index (χ0) is 78.9. The van der Waals surface area contributed by atoms with Crippen molar-refractivity contribution in [1.29, 1.82) is 0 Å². The number of unbranched alkanes of at least 4 members (excludes halogenated alkanes) is 17. The molecule has 0 saturated heterocycles. The van der Waals surface area contributed by atoms with Crippen molar-refractivity contribution in [1.82, 2.24) is 0 Å². The summed E-state index contributed by atoms with van der Waals surface area (Å²) in [6.07, 6.45) is 97.4. The quantitative estimate of drug-likeness (QED) is 0.0169. The third-order valence-electron chi connectivity index (χ3n) is 16.1. The molecule has 0 aliphatic carbocycles. The highest BCUT2D eigenvalue weighted by Crippen LogP contribution is 2.45. The van der Waals surface area contributed by atoms with Crippen LogP contribution >= 0.6 is 15.6 Å². The smallest absolute Gasteiger partial charge is 0.462 e. The van der Waals surface area contributed by atoms with E-state index in [4.69, 9.17) is 37.0 Å². The zero-order valence-corrected chi connectivity index (χ0v) is 68.5. The van der Waals surface area contributed by atoms with Gasteiger partial charge in [-0.1, -0.05) is 293 Å². The molecule has 0 aliphatic rings. The van der Waals surface area contributed by atoms with E-state index >= 15 is 0 Å². The third kappa shape index (κ3) is 78.0. The number of carbonyl (C=O) groups is 4. The van der Waals surface area contributed by atoms with Gasteiger partial charge in [0.25, 0.3) is 0 Å². The summed E-state index contributed by atoms with van der Waals surface area (Å²) in [7, 11) is -10.0. The van der Waals surface area contributed by atoms with Crippen LogP contribution in [0.2, 0.25) is 0 Å². The molecule has 0 spiro atoms. The molecule has 0 rings (SSSR count). The molecule has 0 aromatic heterocycles. The minimum absolute atomic E-state index is 0.00847. The number of hydrogen-bond acceptors (Lipinski definition) is 15. The lowest BCUT2D eigenvalue weighted by Gasteiger charge is -2.21. The standard InChI is InChI=1S/C89H142O17P2/c1-5-9-13-17-21-25-29-33-37-39-41-43-47-49-53-57-61-65-69-73-86(91)99-79-84(105-88(93)75-71-67-63-59-55-51-45-35-31-27-23-19-15-11-7-3)81-103-107(95,96)101-77-83(90)78-102-108(97,98)104-82-85(106-89(94)76-72-68-64-60-56-52-46-36-32-28-24-20-16-12-8-4)80-100-87(92)74-70-66-62-58-54-50-48-44-42-40-38-34-30-26-22-18-14-10-6-2/h9,11,13,15,21-28,33-38,41-46,49,53,55,59,61,65,67,71,83-85,90H,5-8,10,12,14,16-20,29-32,39-40,47-48,50-52,54,56-58,60,62-64,66,68-70,72-82H2,1-4H3,(H,95,96)(H,97,98)/b13-9-,15-11-,25-21-,26-22-,27-23-,28-24-,37-33-,38-34-,43-41-,44-42-,45-35-,46-36-,53-49-,59-55-,65-61-,71-67-. The molecule has 0 aromatic rings. The molecule has 19 heteroatoms. The number of aliphatic hydroxyl groups excluding tert-OH is 1. The average molecular weight is 1550 g/mol. The first-order valence-corrected chi connectivity index (χ1v) is 43.7. The Kier molecular flexibility index (Phi) is 74.5. The first-order valence-electron chi connectivity index (χ1n) is 40.7. The summed E-state index contributed by atoms with van der Waals surface area (Å²) < 4.78 is 68.4. The molecule has 0 amide bonds. The second-order valence-corrected chi connectivity index (χ2v) is 29.2. The summed E-state index contributed by atoms with van der Waals surface area (Å²) >= 11 is 0. The number of esters is 4. The van der Waals surface area contributed by atoms with Gasteiger partial charge in [0.1, 0.15) is 19.3 Å². The zero-order valence-electron chi connectivity index (χ0n) is 66.7. The number of aliphatic hydroxyl groups is 1. The number of hydrogen-bond donors (Lipinski definition) is 3. The molecular weight excluding hydrogens is 1400 g/mol. The maximum Gasteiger partial charge on any atom is 0.472 e. The molecule has 0 fully saturated rings. The Bertz CT molecular complexity index is 2810. The van der Waals surface area contributed by atoms with Crippen LogP contribution in [0.5, 0.6) is 0 Å². The van der Waals surface area contributed by atoms with Gasteiger partial charge < -0.3 is 33.8 Å². The van der Waals surface area contributed by atoms with Gasteiger partial charge in [-0.05, 0) is 161 Å². The van der Waals surface area contributed by atoms with Crippen LogP contribution in [0.3, 0.4) is 0 Å². The summed E-state index contributed by atoms with van der Waals surface area (Å²) in [5.74, 6) is -2.47. The largest absolute Gasteiger partial charge is 0.472 e. The van der Waals surface area contributed by atoms with Gasteiger partial charge in [0, 0.05) is 19.3 Å². The van der Waals surface area contributed by atoms with E-state index in [-0.39, 0.29) is 25.7 Å². The van der Waals surface area contributed by atoms with Gasteiger partial charge in [-0.2, -0.15) is 0 Å². The van der Waals surface area contributed by atoms with Gasteiger partial charge in [0.15, 0.2) is 12.2 Å². The van der Waals surface area contributed by atoms with Crippen molar-refractivity contribution in [2.45, 2.75) is 303 Å². The van der Waals surface area contributed by atoms with Gasteiger partial charge >= 0.3 is 39.5 Å². The molecule has 108 heavy (non-hydrogen) atoms. The fourth-order valence-corrected chi connectivity index (χ4v) is 11.5. The number of ether oxygens (including phenoxy) is 4. The molecule has 610 valence electrons. The Morgan fingerprint density at radius 2 is 0.537 bits per heavy atom. The molecule has 0 heterocycles. The van der Waals surface area contributed by atoms with Gasteiger partial charge in [0.2, 0.25) is 0 Å². The summed E-state index contributed by atoms with van der Waals surface area (Å²) in [5, 5.41) is 10.6. The lowest BCUT2D eigenvalue weighted by atomic mass is 10.1. The Morgan fingerprint density at radius 3 is 0.880 bits per heavy atom. The molecule has 3 N–H and O–H groups in total. The van der Waals surface area contributed by atoms with Gasteiger partial charge in [0.05, 0.1) is 32.8 Å². The number of phosphoric ester groups is 2. The number of allylic oxidation sites excluding steroid dienone is 31. The molecule has 0 bridgehead atoms. The van der Waals surface area contributed by atoms with Gasteiger partial charge in [-0.3, -0.25) is 37.3 Å². The van der Waals surface area contributed by atoms with Crippen LogP contribution in [-0.4, -0.2) is 96.7 Å². The lowest BCUT2D eigenvalue weighted by Crippen LogP contribution is -2.30. The van der Waals surface area contributed by atoms with Crippen LogP contribution in [0.15, 0.2) is 194 Å². The SMILES string of the molecule is CC/C=C\C/C=C\C/C=C\C/C=C\C/C=C\C/C=C\CCC(=O)OCC(COP(=O)(O)OCC(O)COP(=O)(O)OCC(COC(=O)CCCCCCCC/C=C\C/C=C\C/C=C\CCCCC)OC(=O)CCCCCCC/C=C\C/C=C\CCCCC)OC(=O)C/C=C\C/C=C\C/C=C\C/C=C\C/C=C\CC. The van der Waals surface area contributed by atoms with Gasteiger partial charge in [-0.15, -0.1) is 0 Å². The first-order chi connectivity index (χ1) is 52.7. The maximum absolute atomic E-state index is 13.1. The second kappa shape index (κ2) is 79.0. The molecule has 5 atom stereocenters. The number of phosphoric acid groups is 2. The number of carbonyl (C=O) groups excluding carboxylic acids is 4. The van der Waals surface area contributed by atoms with Crippen molar-refractivity contribution in [3.05, 3.63) is 194 Å². The number of rotatable bonds is 74. The topological polar surface area (TPSA) is 237 Å². The normalized spacial score (nSPS) is 14.8. The summed E-state index contributed by atoms with van der Waals surface area (Å²) in [5.41, 5.74) is 0. The van der Waals surface area contributed by atoms with Crippen LogP contribution in [0.1, 0.15) is 285 Å². The molecule has 0 aliphatic heterocycles. The lowest BCUT2D eigenvalue weighted by molar-refractivity contribution is -0.161. The molecular formula is C89H142O17P2. The second-order valence-electron chi connectivity index (χ2n) is 26.3.